The van der Waals surface area contributed by atoms with E-state index in [1.165, 1.54) is 54.9 Å². The van der Waals surface area contributed by atoms with E-state index in [-0.39, 0.29) is 0 Å². The lowest BCUT2D eigenvalue weighted by atomic mass is 9.93. The zero-order valence-corrected chi connectivity index (χ0v) is 29.7. The molecule has 254 valence electrons. The van der Waals surface area contributed by atoms with E-state index in [9.17, 15) is 0 Å². The molecule has 1 aromatic heterocycles. The number of hydrogen-bond donors (Lipinski definition) is 0. The van der Waals surface area contributed by atoms with E-state index in [1.54, 1.807) is 0 Å². The van der Waals surface area contributed by atoms with Gasteiger partial charge in [-0.2, -0.15) is 0 Å². The van der Waals surface area contributed by atoms with Crippen molar-refractivity contribution in [2.24, 2.45) is 0 Å². The normalized spacial score (nSPS) is 11.3. The number of fused-ring (bicyclic) bond motifs is 4. The number of rotatable bonds is 7. The van der Waals surface area contributed by atoms with Crippen molar-refractivity contribution in [2.75, 3.05) is 4.90 Å². The predicted octanol–water partition coefficient (Wildman–Crippen LogP) is 14.4. The molecular formula is C52H36N2. The lowest BCUT2D eigenvalue weighted by Gasteiger charge is -2.30. The van der Waals surface area contributed by atoms with Gasteiger partial charge in [-0.15, -0.1) is 0 Å². The number of benzene rings is 9. The van der Waals surface area contributed by atoms with Gasteiger partial charge < -0.3 is 9.47 Å². The summed E-state index contributed by atoms with van der Waals surface area (Å²) in [7, 11) is 0. The molecule has 0 fully saturated rings. The number of anilines is 3. The third kappa shape index (κ3) is 5.27. The third-order valence-electron chi connectivity index (χ3n) is 10.6. The van der Waals surface area contributed by atoms with E-state index >= 15 is 0 Å². The quantitative estimate of drug-likeness (QED) is 0.162. The summed E-state index contributed by atoms with van der Waals surface area (Å²) in [5.74, 6) is 0. The maximum atomic E-state index is 2.49. The highest BCUT2D eigenvalue weighted by molar-refractivity contribution is 6.18. The molecule has 0 saturated heterocycles. The third-order valence-corrected chi connectivity index (χ3v) is 10.6. The van der Waals surface area contributed by atoms with Gasteiger partial charge in [0, 0.05) is 27.3 Å². The van der Waals surface area contributed by atoms with Crippen molar-refractivity contribution >= 4 is 49.6 Å². The van der Waals surface area contributed by atoms with E-state index in [4.69, 9.17) is 0 Å². The molecule has 0 N–H and O–H groups in total. The maximum absolute atomic E-state index is 2.49. The summed E-state index contributed by atoms with van der Waals surface area (Å²) in [4.78, 5) is 2.49. The topological polar surface area (TPSA) is 8.17 Å². The Morgan fingerprint density at radius 2 is 0.815 bits per heavy atom. The fraction of sp³-hybridized carbons (Fsp3) is 0. The standard InChI is InChI=1S/C52H36N2/c1-4-19-37(20-5-1)41-28-12-14-31-45(41)53(46-33-16-26-38-23-10-11-27-42(38)46)49-35-18-36-50-52(49)44-29-13-15-32-47(44)54(50)48-34-17-30-43(39-21-6-2-7-22-39)51(48)40-24-8-3-9-25-40/h1-36H. The van der Waals surface area contributed by atoms with Gasteiger partial charge in [0.2, 0.25) is 0 Å². The SMILES string of the molecule is c1ccc(-c2ccccc2N(c2cccc3ccccc23)c2cccc3c2c2ccccc2n3-c2cccc(-c3ccccc3)c2-c2ccccc2)cc1. The van der Waals surface area contributed by atoms with Gasteiger partial charge in [-0.3, -0.25) is 0 Å². The molecule has 10 aromatic rings. The molecule has 0 aliphatic rings. The average molecular weight is 689 g/mol. The zero-order valence-electron chi connectivity index (χ0n) is 29.7. The van der Waals surface area contributed by atoms with E-state index in [2.05, 4.69) is 228 Å². The van der Waals surface area contributed by atoms with Crippen LogP contribution in [0.5, 0.6) is 0 Å². The van der Waals surface area contributed by atoms with Crippen molar-refractivity contribution in [3.05, 3.63) is 218 Å². The van der Waals surface area contributed by atoms with E-state index in [1.807, 2.05) is 0 Å². The lowest BCUT2D eigenvalue weighted by molar-refractivity contribution is 1.18. The van der Waals surface area contributed by atoms with Crippen molar-refractivity contribution < 1.29 is 0 Å². The van der Waals surface area contributed by atoms with Gasteiger partial charge in [0.15, 0.2) is 0 Å². The number of para-hydroxylation sites is 2. The fourth-order valence-electron chi connectivity index (χ4n) is 8.26. The Morgan fingerprint density at radius 3 is 1.59 bits per heavy atom. The summed E-state index contributed by atoms with van der Waals surface area (Å²) in [5.41, 5.74) is 14.0. The monoisotopic (exact) mass is 688 g/mol. The molecule has 0 aliphatic carbocycles. The average Bonchev–Trinajstić information content (AvgIpc) is 3.59. The molecule has 0 radical (unpaired) electrons. The minimum atomic E-state index is 1.13. The van der Waals surface area contributed by atoms with Crippen LogP contribution in [0.3, 0.4) is 0 Å². The van der Waals surface area contributed by atoms with Crippen molar-refractivity contribution in [1.29, 1.82) is 0 Å². The van der Waals surface area contributed by atoms with E-state index in [0.29, 0.717) is 0 Å². The van der Waals surface area contributed by atoms with Crippen LogP contribution in [0.1, 0.15) is 0 Å². The van der Waals surface area contributed by atoms with Crippen LogP contribution in [0.25, 0.3) is 71.6 Å². The fourth-order valence-corrected chi connectivity index (χ4v) is 8.26. The van der Waals surface area contributed by atoms with Crippen LogP contribution < -0.4 is 4.90 Å². The first-order valence-corrected chi connectivity index (χ1v) is 18.5. The van der Waals surface area contributed by atoms with Gasteiger partial charge in [-0.25, -0.2) is 0 Å². The van der Waals surface area contributed by atoms with Crippen LogP contribution in [0, 0.1) is 0 Å². The van der Waals surface area contributed by atoms with Crippen molar-refractivity contribution in [1.82, 2.24) is 4.57 Å². The Bertz CT molecular complexity index is 2920. The van der Waals surface area contributed by atoms with Gasteiger partial charge in [0.25, 0.3) is 0 Å². The molecule has 9 aromatic carbocycles. The molecule has 0 atom stereocenters. The van der Waals surface area contributed by atoms with Gasteiger partial charge in [0.05, 0.1) is 33.8 Å². The molecule has 0 unspecified atom stereocenters. The van der Waals surface area contributed by atoms with Gasteiger partial charge >= 0.3 is 0 Å². The highest BCUT2D eigenvalue weighted by atomic mass is 15.2. The second-order valence-corrected chi connectivity index (χ2v) is 13.7. The maximum Gasteiger partial charge on any atom is 0.0562 e. The Morgan fingerprint density at radius 1 is 0.315 bits per heavy atom. The van der Waals surface area contributed by atoms with E-state index in [0.717, 1.165) is 33.8 Å². The molecule has 0 amide bonds. The Hall–Kier alpha value is -7.16. The van der Waals surface area contributed by atoms with Crippen LogP contribution in [0.2, 0.25) is 0 Å². The molecule has 0 bridgehead atoms. The highest BCUT2D eigenvalue weighted by Crippen LogP contribution is 2.49. The van der Waals surface area contributed by atoms with Gasteiger partial charge in [-0.05, 0) is 64.0 Å². The minimum Gasteiger partial charge on any atom is -0.309 e. The Labute approximate surface area is 315 Å². The predicted molar refractivity (Wildman–Crippen MR) is 229 cm³/mol. The van der Waals surface area contributed by atoms with Crippen molar-refractivity contribution in [3.63, 3.8) is 0 Å². The molecule has 2 heteroatoms. The minimum absolute atomic E-state index is 1.13. The second-order valence-electron chi connectivity index (χ2n) is 13.7. The second kappa shape index (κ2) is 13.4. The molecule has 0 saturated carbocycles. The summed E-state index contributed by atoms with van der Waals surface area (Å²) in [6.07, 6.45) is 0. The number of aromatic nitrogens is 1. The number of hydrogen-bond acceptors (Lipinski definition) is 1. The van der Waals surface area contributed by atoms with Crippen molar-refractivity contribution in [2.45, 2.75) is 0 Å². The number of nitrogens with zero attached hydrogens (tertiary/aromatic N) is 2. The van der Waals surface area contributed by atoms with Crippen LogP contribution in [0.15, 0.2) is 218 Å². The van der Waals surface area contributed by atoms with Crippen molar-refractivity contribution in [3.8, 4) is 39.1 Å². The summed E-state index contributed by atoms with van der Waals surface area (Å²) < 4.78 is 2.48. The van der Waals surface area contributed by atoms with Crippen LogP contribution >= 0.6 is 0 Å². The Balaban J connectivity index is 1.32. The van der Waals surface area contributed by atoms with Gasteiger partial charge in [0.1, 0.15) is 0 Å². The first kappa shape index (κ1) is 31.6. The first-order chi connectivity index (χ1) is 26.8. The van der Waals surface area contributed by atoms with Crippen LogP contribution in [-0.2, 0) is 0 Å². The largest absolute Gasteiger partial charge is 0.309 e. The first-order valence-electron chi connectivity index (χ1n) is 18.5. The van der Waals surface area contributed by atoms with Crippen LogP contribution in [-0.4, -0.2) is 4.57 Å². The smallest absolute Gasteiger partial charge is 0.0562 e. The van der Waals surface area contributed by atoms with E-state index < -0.39 is 0 Å². The molecule has 54 heavy (non-hydrogen) atoms. The molecule has 1 heterocycles. The molecule has 0 spiro atoms. The summed E-state index contributed by atoms with van der Waals surface area (Å²) in [6, 6.07) is 78.9. The molecule has 0 aliphatic heterocycles. The van der Waals surface area contributed by atoms with Crippen LogP contribution in [0.4, 0.5) is 17.1 Å². The Kier molecular flexibility index (Phi) is 7.85. The molecule has 10 rings (SSSR count). The lowest BCUT2D eigenvalue weighted by Crippen LogP contribution is -2.12. The summed E-state index contributed by atoms with van der Waals surface area (Å²) in [5, 5.41) is 4.81. The summed E-state index contributed by atoms with van der Waals surface area (Å²) >= 11 is 0. The molecular weight excluding hydrogens is 653 g/mol. The highest BCUT2D eigenvalue weighted by Gasteiger charge is 2.25. The van der Waals surface area contributed by atoms with Gasteiger partial charge in [-0.1, -0.05) is 182 Å². The molecule has 2 nitrogen and oxygen atoms in total. The zero-order chi connectivity index (χ0) is 35.8. The summed E-state index contributed by atoms with van der Waals surface area (Å²) in [6.45, 7) is 0.